The molecule has 0 unspecified atom stereocenters. The van der Waals surface area contributed by atoms with E-state index in [0.29, 0.717) is 49.3 Å². The van der Waals surface area contributed by atoms with E-state index in [0.717, 1.165) is 22.0 Å². The summed E-state index contributed by atoms with van der Waals surface area (Å²) >= 11 is 0. The van der Waals surface area contributed by atoms with Gasteiger partial charge in [-0.3, -0.25) is 19.0 Å². The second-order valence-corrected chi connectivity index (χ2v) is 6.86. The van der Waals surface area contributed by atoms with Crippen LogP contribution in [0.15, 0.2) is 48.7 Å². The summed E-state index contributed by atoms with van der Waals surface area (Å²) in [6.07, 6.45) is 4.08. The zero-order valence-electron chi connectivity index (χ0n) is 16.3. The average molecular weight is 394 g/mol. The predicted molar refractivity (Wildman–Crippen MR) is 111 cm³/mol. The SMILES string of the molecule is Cc1cc2nccc(Oc3ccc(CC(=O)CCCCF)cc3)c2cc1NC=O. The molecule has 29 heavy (non-hydrogen) atoms. The van der Waals surface area contributed by atoms with Crippen LogP contribution >= 0.6 is 0 Å². The Morgan fingerprint density at radius 3 is 2.69 bits per heavy atom. The molecule has 0 aliphatic heterocycles. The molecule has 2 aromatic carbocycles. The van der Waals surface area contributed by atoms with Crippen LogP contribution in [-0.2, 0) is 16.0 Å². The first-order valence-electron chi connectivity index (χ1n) is 9.54. The van der Waals surface area contributed by atoms with E-state index in [9.17, 15) is 14.0 Å². The Labute approximate surface area is 168 Å². The summed E-state index contributed by atoms with van der Waals surface area (Å²) in [7, 11) is 0. The van der Waals surface area contributed by atoms with E-state index in [4.69, 9.17) is 4.74 Å². The Bertz CT molecular complexity index is 1000. The molecule has 1 amide bonds. The average Bonchev–Trinajstić information content (AvgIpc) is 2.71. The van der Waals surface area contributed by atoms with Gasteiger partial charge in [0.05, 0.1) is 12.2 Å². The van der Waals surface area contributed by atoms with E-state index in [-0.39, 0.29) is 12.5 Å². The van der Waals surface area contributed by atoms with Crippen LogP contribution in [0, 0.1) is 6.92 Å². The Balaban J connectivity index is 1.74. The number of hydrogen-bond donors (Lipinski definition) is 1. The molecular formula is C23H23FN2O3. The predicted octanol–water partition coefficient (Wildman–Crippen LogP) is 5.16. The van der Waals surface area contributed by atoms with Gasteiger partial charge in [0.25, 0.3) is 0 Å². The molecule has 5 nitrogen and oxygen atoms in total. The fourth-order valence-corrected chi connectivity index (χ4v) is 3.11. The quantitative estimate of drug-likeness (QED) is 0.381. The number of alkyl halides is 1. The van der Waals surface area contributed by atoms with Crippen molar-refractivity contribution < 1.29 is 18.7 Å². The molecule has 6 heteroatoms. The standard InChI is InChI=1S/C23H23FN2O3/c1-16-12-22-20(14-21(16)26-15-27)23(9-11-25-22)29-19-7-5-17(6-8-19)13-18(28)4-2-3-10-24/h5-9,11-12,14-15H,2-4,10,13H2,1H3,(H,26,27). The van der Waals surface area contributed by atoms with Gasteiger partial charge in [0.2, 0.25) is 6.41 Å². The van der Waals surface area contributed by atoms with Crippen LogP contribution < -0.4 is 10.1 Å². The minimum absolute atomic E-state index is 0.109. The second-order valence-electron chi connectivity index (χ2n) is 6.86. The van der Waals surface area contributed by atoms with Gasteiger partial charge in [0.15, 0.2) is 0 Å². The summed E-state index contributed by atoms with van der Waals surface area (Å²) < 4.78 is 18.1. The van der Waals surface area contributed by atoms with Crippen molar-refractivity contribution in [3.63, 3.8) is 0 Å². The summed E-state index contributed by atoms with van der Waals surface area (Å²) in [5, 5.41) is 3.47. The molecule has 0 fully saturated rings. The van der Waals surface area contributed by atoms with Gasteiger partial charge in [-0.2, -0.15) is 0 Å². The van der Waals surface area contributed by atoms with Crippen molar-refractivity contribution in [2.24, 2.45) is 0 Å². The van der Waals surface area contributed by atoms with Crippen LogP contribution in [0.25, 0.3) is 10.9 Å². The van der Waals surface area contributed by atoms with Crippen molar-refractivity contribution in [3.8, 4) is 11.5 Å². The van der Waals surface area contributed by atoms with Gasteiger partial charge < -0.3 is 10.1 Å². The number of pyridine rings is 1. The highest BCUT2D eigenvalue weighted by Gasteiger charge is 2.09. The summed E-state index contributed by atoms with van der Waals surface area (Å²) in [5.74, 6) is 1.37. The smallest absolute Gasteiger partial charge is 0.211 e. The topological polar surface area (TPSA) is 68.3 Å². The summed E-state index contributed by atoms with van der Waals surface area (Å²) in [6.45, 7) is 1.52. The summed E-state index contributed by atoms with van der Waals surface area (Å²) in [4.78, 5) is 27.1. The Morgan fingerprint density at radius 2 is 1.97 bits per heavy atom. The van der Waals surface area contributed by atoms with Crippen LogP contribution in [0.1, 0.15) is 30.4 Å². The van der Waals surface area contributed by atoms with Crippen LogP contribution in [0.3, 0.4) is 0 Å². The van der Waals surface area contributed by atoms with E-state index in [1.807, 2.05) is 43.3 Å². The highest BCUT2D eigenvalue weighted by atomic mass is 19.1. The van der Waals surface area contributed by atoms with Gasteiger partial charge in [0, 0.05) is 30.1 Å². The van der Waals surface area contributed by atoms with E-state index in [2.05, 4.69) is 10.3 Å². The number of carbonyl (C=O) groups excluding carboxylic acids is 2. The number of fused-ring (bicyclic) bond motifs is 1. The number of anilines is 1. The number of nitrogens with one attached hydrogen (secondary N) is 1. The van der Waals surface area contributed by atoms with E-state index in [1.165, 1.54) is 0 Å². The lowest BCUT2D eigenvalue weighted by Gasteiger charge is -2.12. The van der Waals surface area contributed by atoms with E-state index >= 15 is 0 Å². The fourth-order valence-electron chi connectivity index (χ4n) is 3.11. The number of hydrogen-bond acceptors (Lipinski definition) is 4. The van der Waals surface area contributed by atoms with Crippen molar-refractivity contribution in [2.45, 2.75) is 32.6 Å². The molecule has 0 spiro atoms. The number of ketones is 1. The number of Topliss-reactive ketones (excluding diaryl/α,β-unsaturated/α-hetero) is 1. The van der Waals surface area contributed by atoms with Crippen molar-refractivity contribution in [1.82, 2.24) is 4.98 Å². The molecule has 0 bridgehead atoms. The minimum Gasteiger partial charge on any atom is -0.457 e. The molecule has 1 aromatic heterocycles. The second kappa shape index (κ2) is 9.78. The maximum atomic E-state index is 12.1. The molecule has 0 atom stereocenters. The number of halogens is 1. The molecule has 3 rings (SSSR count). The highest BCUT2D eigenvalue weighted by molar-refractivity contribution is 5.91. The van der Waals surface area contributed by atoms with Gasteiger partial charge in [-0.15, -0.1) is 0 Å². The zero-order valence-corrected chi connectivity index (χ0v) is 16.3. The normalized spacial score (nSPS) is 10.7. The lowest BCUT2D eigenvalue weighted by atomic mass is 10.0. The molecular weight excluding hydrogens is 371 g/mol. The third kappa shape index (κ3) is 5.38. The Hall–Kier alpha value is -3.28. The zero-order chi connectivity index (χ0) is 20.6. The lowest BCUT2D eigenvalue weighted by Crippen LogP contribution is -2.02. The van der Waals surface area contributed by atoms with Gasteiger partial charge >= 0.3 is 0 Å². The summed E-state index contributed by atoms with van der Waals surface area (Å²) in [5.41, 5.74) is 3.28. The molecule has 0 saturated heterocycles. The first-order valence-corrected chi connectivity index (χ1v) is 9.54. The molecule has 0 radical (unpaired) electrons. The molecule has 150 valence electrons. The minimum atomic E-state index is -0.380. The number of ether oxygens (including phenoxy) is 1. The van der Waals surface area contributed by atoms with Gasteiger partial charge in [-0.1, -0.05) is 12.1 Å². The van der Waals surface area contributed by atoms with E-state index in [1.54, 1.807) is 12.3 Å². The van der Waals surface area contributed by atoms with Crippen molar-refractivity contribution >= 4 is 28.8 Å². The lowest BCUT2D eigenvalue weighted by molar-refractivity contribution is -0.118. The van der Waals surface area contributed by atoms with Crippen LogP contribution in [0.5, 0.6) is 11.5 Å². The number of aromatic nitrogens is 1. The molecule has 1 heterocycles. The van der Waals surface area contributed by atoms with Gasteiger partial charge in [-0.25, -0.2) is 0 Å². The first-order chi connectivity index (χ1) is 14.1. The molecule has 3 aromatic rings. The van der Waals surface area contributed by atoms with Crippen LogP contribution in [0.2, 0.25) is 0 Å². The largest absolute Gasteiger partial charge is 0.457 e. The maximum Gasteiger partial charge on any atom is 0.211 e. The van der Waals surface area contributed by atoms with Gasteiger partial charge in [-0.05, 0) is 61.2 Å². The third-order valence-electron chi connectivity index (χ3n) is 4.65. The number of unbranched alkanes of at least 4 members (excludes halogenated alkanes) is 1. The molecule has 1 N–H and O–H groups in total. The number of benzene rings is 2. The maximum absolute atomic E-state index is 12.1. The van der Waals surface area contributed by atoms with Crippen molar-refractivity contribution in [3.05, 3.63) is 59.8 Å². The number of aryl methyl sites for hydroxylation is 1. The fraction of sp³-hybridized carbons (Fsp3) is 0.261. The van der Waals surface area contributed by atoms with Crippen molar-refractivity contribution in [1.29, 1.82) is 0 Å². The first kappa shape index (κ1) is 20.5. The number of rotatable bonds is 10. The summed E-state index contributed by atoms with van der Waals surface area (Å²) in [6, 6.07) is 12.8. The van der Waals surface area contributed by atoms with Gasteiger partial charge in [0.1, 0.15) is 17.3 Å². The Kier molecular flexibility index (Phi) is 6.89. The monoisotopic (exact) mass is 394 g/mol. The molecule has 0 aliphatic rings. The van der Waals surface area contributed by atoms with Crippen molar-refractivity contribution in [2.75, 3.05) is 12.0 Å². The highest BCUT2D eigenvalue weighted by Crippen LogP contribution is 2.32. The molecule has 0 aliphatic carbocycles. The number of nitrogens with zero attached hydrogens (tertiary/aromatic N) is 1. The number of amides is 1. The van der Waals surface area contributed by atoms with Crippen LogP contribution in [0.4, 0.5) is 10.1 Å². The molecule has 0 saturated carbocycles. The number of carbonyl (C=O) groups is 2. The third-order valence-corrected chi connectivity index (χ3v) is 4.65. The van der Waals surface area contributed by atoms with Crippen LogP contribution in [-0.4, -0.2) is 23.9 Å². The van der Waals surface area contributed by atoms with E-state index < -0.39 is 0 Å². The Morgan fingerprint density at radius 1 is 1.17 bits per heavy atom.